The lowest BCUT2D eigenvalue weighted by Crippen LogP contribution is -1.99. The Kier molecular flexibility index (Phi) is 3.61. The highest BCUT2D eigenvalue weighted by Crippen LogP contribution is 2.46. The number of benzene rings is 2. The van der Waals surface area contributed by atoms with E-state index in [0.29, 0.717) is 34.1 Å². The minimum Gasteiger partial charge on any atom is -0.493 e. The number of rotatable bonds is 4. The number of nitrogens with one attached hydrogen (secondary N) is 3. The lowest BCUT2D eigenvalue weighted by molar-refractivity contribution is 0.325. The number of aromatic amines is 3. The van der Waals surface area contributed by atoms with Gasteiger partial charge in [-0.05, 0) is 30.7 Å². The van der Waals surface area contributed by atoms with Gasteiger partial charge in [0, 0.05) is 0 Å². The van der Waals surface area contributed by atoms with E-state index < -0.39 is 0 Å². The van der Waals surface area contributed by atoms with E-state index in [1.807, 2.05) is 25.1 Å². The Bertz CT molecular complexity index is 1130. The first-order valence-electron chi connectivity index (χ1n) is 7.97. The SMILES string of the molecule is COc1cc(C)c(-c2nc3cc4[nH]c(=O)[nH]c4cc3[nH]2)c(OC)c1OC. The Balaban J connectivity index is 1.98. The summed E-state index contributed by atoms with van der Waals surface area (Å²) in [6.45, 7) is 1.95. The van der Waals surface area contributed by atoms with Gasteiger partial charge in [0.25, 0.3) is 0 Å². The Hall–Kier alpha value is -3.42. The van der Waals surface area contributed by atoms with E-state index in [9.17, 15) is 4.79 Å². The maximum Gasteiger partial charge on any atom is 0.323 e. The summed E-state index contributed by atoms with van der Waals surface area (Å²) >= 11 is 0. The average Bonchev–Trinajstić information content (AvgIpc) is 3.18. The van der Waals surface area contributed by atoms with Crippen LogP contribution in [0.3, 0.4) is 0 Å². The van der Waals surface area contributed by atoms with Crippen LogP contribution in [0.4, 0.5) is 0 Å². The van der Waals surface area contributed by atoms with Gasteiger partial charge in [-0.3, -0.25) is 0 Å². The number of H-pyrrole nitrogens is 3. The fraction of sp³-hybridized carbons (Fsp3) is 0.222. The Morgan fingerprint density at radius 1 is 0.846 bits per heavy atom. The molecule has 0 aliphatic rings. The van der Waals surface area contributed by atoms with Crippen molar-refractivity contribution in [1.29, 1.82) is 0 Å². The van der Waals surface area contributed by atoms with Gasteiger partial charge >= 0.3 is 5.69 Å². The number of methoxy groups -OCH3 is 3. The number of nitrogens with zero attached hydrogens (tertiary/aromatic N) is 1. The van der Waals surface area contributed by atoms with Crippen LogP contribution < -0.4 is 19.9 Å². The molecule has 2 heterocycles. The van der Waals surface area contributed by atoms with E-state index in [1.54, 1.807) is 21.3 Å². The van der Waals surface area contributed by atoms with E-state index in [2.05, 4.69) is 19.9 Å². The largest absolute Gasteiger partial charge is 0.493 e. The third-order valence-corrected chi connectivity index (χ3v) is 4.38. The summed E-state index contributed by atoms with van der Waals surface area (Å²) < 4.78 is 16.5. The third kappa shape index (κ3) is 2.30. The monoisotopic (exact) mass is 354 g/mol. The predicted octanol–water partition coefficient (Wildman–Crippen LogP) is 2.73. The molecule has 0 unspecified atom stereocenters. The number of imidazole rings is 2. The molecule has 4 rings (SSSR count). The first kappa shape index (κ1) is 16.1. The number of hydrogen-bond donors (Lipinski definition) is 3. The molecule has 0 saturated carbocycles. The molecule has 0 spiro atoms. The van der Waals surface area contributed by atoms with Crippen LogP contribution in [0.15, 0.2) is 23.0 Å². The predicted molar refractivity (Wildman–Crippen MR) is 98.4 cm³/mol. The van der Waals surface area contributed by atoms with Crippen molar-refractivity contribution < 1.29 is 14.2 Å². The third-order valence-electron chi connectivity index (χ3n) is 4.38. The van der Waals surface area contributed by atoms with Crippen LogP contribution in [0, 0.1) is 6.92 Å². The van der Waals surface area contributed by atoms with Crippen LogP contribution in [0.25, 0.3) is 33.5 Å². The summed E-state index contributed by atoms with van der Waals surface area (Å²) in [5.74, 6) is 2.28. The maximum absolute atomic E-state index is 11.5. The zero-order valence-electron chi connectivity index (χ0n) is 14.8. The van der Waals surface area contributed by atoms with Crippen molar-refractivity contribution in [1.82, 2.24) is 19.9 Å². The van der Waals surface area contributed by atoms with Gasteiger partial charge in [0.1, 0.15) is 5.82 Å². The first-order valence-corrected chi connectivity index (χ1v) is 7.97. The van der Waals surface area contributed by atoms with Crippen molar-refractivity contribution in [3.05, 3.63) is 34.2 Å². The van der Waals surface area contributed by atoms with Crippen molar-refractivity contribution in [3.8, 4) is 28.6 Å². The van der Waals surface area contributed by atoms with Gasteiger partial charge in [-0.1, -0.05) is 0 Å². The second kappa shape index (κ2) is 5.83. The highest BCUT2D eigenvalue weighted by atomic mass is 16.5. The molecule has 26 heavy (non-hydrogen) atoms. The Labute approximate surface area is 148 Å². The smallest absolute Gasteiger partial charge is 0.323 e. The number of aromatic nitrogens is 4. The number of ether oxygens (including phenoxy) is 3. The molecule has 8 heteroatoms. The van der Waals surface area contributed by atoms with Crippen LogP contribution in [-0.4, -0.2) is 41.3 Å². The summed E-state index contributed by atoms with van der Waals surface area (Å²) in [6, 6.07) is 5.55. The molecule has 2 aromatic carbocycles. The molecule has 8 nitrogen and oxygen atoms in total. The zero-order chi connectivity index (χ0) is 18.4. The standard InChI is InChI=1S/C18H18N4O4/c1-8-5-13(24-2)15(25-3)16(26-4)14(8)17-19-9-6-11-12(7-10(9)20-17)22-18(23)21-11/h5-7H,1-4H3,(H,19,20)(H2,21,22,23). The van der Waals surface area contributed by atoms with Gasteiger partial charge in [-0.2, -0.15) is 0 Å². The van der Waals surface area contributed by atoms with E-state index in [0.717, 1.165) is 22.2 Å². The highest BCUT2D eigenvalue weighted by molar-refractivity contribution is 5.93. The molecule has 2 aromatic heterocycles. The molecule has 4 aromatic rings. The molecular weight excluding hydrogens is 336 g/mol. The highest BCUT2D eigenvalue weighted by Gasteiger charge is 2.22. The van der Waals surface area contributed by atoms with Gasteiger partial charge in [-0.25, -0.2) is 9.78 Å². The molecule has 0 saturated heterocycles. The van der Waals surface area contributed by atoms with Crippen LogP contribution in [0.5, 0.6) is 17.2 Å². The normalized spacial score (nSPS) is 11.2. The fourth-order valence-corrected chi connectivity index (χ4v) is 3.23. The van der Waals surface area contributed by atoms with Crippen LogP contribution in [0.1, 0.15) is 5.56 Å². The Morgan fingerprint density at radius 2 is 1.54 bits per heavy atom. The van der Waals surface area contributed by atoms with Crippen molar-refractivity contribution in [2.24, 2.45) is 0 Å². The molecule has 0 fully saturated rings. The molecule has 0 aliphatic carbocycles. The fourth-order valence-electron chi connectivity index (χ4n) is 3.23. The van der Waals surface area contributed by atoms with E-state index in [1.165, 1.54) is 0 Å². The van der Waals surface area contributed by atoms with Crippen LogP contribution in [0.2, 0.25) is 0 Å². The first-order chi connectivity index (χ1) is 12.5. The number of hydrogen-bond acceptors (Lipinski definition) is 5. The molecular formula is C18H18N4O4. The minimum atomic E-state index is -0.245. The van der Waals surface area contributed by atoms with Crippen LogP contribution in [-0.2, 0) is 0 Å². The van der Waals surface area contributed by atoms with Crippen molar-refractivity contribution in [3.63, 3.8) is 0 Å². The topological polar surface area (TPSA) is 105 Å². The van der Waals surface area contributed by atoms with Gasteiger partial charge < -0.3 is 29.2 Å². The number of aryl methyl sites for hydroxylation is 1. The average molecular weight is 354 g/mol. The van der Waals surface area contributed by atoms with Crippen molar-refractivity contribution in [2.45, 2.75) is 6.92 Å². The Morgan fingerprint density at radius 3 is 2.19 bits per heavy atom. The number of fused-ring (bicyclic) bond motifs is 2. The van der Waals surface area contributed by atoms with Gasteiger partial charge in [0.2, 0.25) is 5.75 Å². The van der Waals surface area contributed by atoms with Gasteiger partial charge in [0.05, 0.1) is 49.0 Å². The molecule has 0 aliphatic heterocycles. The lowest BCUT2D eigenvalue weighted by atomic mass is 10.1. The van der Waals surface area contributed by atoms with Gasteiger partial charge in [-0.15, -0.1) is 0 Å². The van der Waals surface area contributed by atoms with E-state index in [4.69, 9.17) is 14.2 Å². The molecule has 0 atom stereocenters. The summed E-state index contributed by atoms with van der Waals surface area (Å²) in [5.41, 5.74) is 4.43. The van der Waals surface area contributed by atoms with Gasteiger partial charge in [0.15, 0.2) is 11.5 Å². The van der Waals surface area contributed by atoms with E-state index >= 15 is 0 Å². The van der Waals surface area contributed by atoms with Crippen molar-refractivity contribution in [2.75, 3.05) is 21.3 Å². The molecule has 0 bridgehead atoms. The lowest BCUT2D eigenvalue weighted by Gasteiger charge is -2.17. The summed E-state index contributed by atoms with van der Waals surface area (Å²) in [7, 11) is 4.73. The maximum atomic E-state index is 11.5. The summed E-state index contributed by atoms with van der Waals surface area (Å²) in [4.78, 5) is 24.9. The molecule has 0 radical (unpaired) electrons. The zero-order valence-corrected chi connectivity index (χ0v) is 14.8. The quantitative estimate of drug-likeness (QED) is 0.523. The molecule has 0 amide bonds. The second-order valence-corrected chi connectivity index (χ2v) is 5.92. The summed E-state index contributed by atoms with van der Waals surface area (Å²) in [6.07, 6.45) is 0. The summed E-state index contributed by atoms with van der Waals surface area (Å²) in [5, 5.41) is 0. The molecule has 134 valence electrons. The second-order valence-electron chi connectivity index (χ2n) is 5.92. The molecule has 3 N–H and O–H groups in total. The minimum absolute atomic E-state index is 0.245. The van der Waals surface area contributed by atoms with E-state index in [-0.39, 0.29) is 5.69 Å². The van der Waals surface area contributed by atoms with Crippen molar-refractivity contribution >= 4 is 22.1 Å². The van der Waals surface area contributed by atoms with Crippen LogP contribution >= 0.6 is 0 Å².